The van der Waals surface area contributed by atoms with Crippen LogP contribution >= 0.6 is 22.7 Å². The molecule has 50 heavy (non-hydrogen) atoms. The zero-order valence-electron chi connectivity index (χ0n) is 26.9. The largest absolute Gasteiger partial charge is 0.310 e. The van der Waals surface area contributed by atoms with Gasteiger partial charge in [-0.25, -0.2) is 0 Å². The average molecular weight is 673 g/mol. The summed E-state index contributed by atoms with van der Waals surface area (Å²) in [6.07, 6.45) is 0. The number of para-hydroxylation sites is 1. The molecule has 0 bridgehead atoms. The Kier molecular flexibility index (Phi) is 6.03. The summed E-state index contributed by atoms with van der Waals surface area (Å²) in [4.78, 5) is 2.42. The van der Waals surface area contributed by atoms with E-state index in [9.17, 15) is 0 Å². The molecule has 11 aromatic rings. The van der Waals surface area contributed by atoms with Crippen LogP contribution in [0.15, 0.2) is 170 Å². The molecule has 0 fully saturated rings. The van der Waals surface area contributed by atoms with Crippen LogP contribution in [0.1, 0.15) is 0 Å². The molecular formula is C46H28N2S2. The fourth-order valence-electron chi connectivity index (χ4n) is 7.90. The first kappa shape index (κ1) is 28.0. The number of hydrogen-bond donors (Lipinski definition) is 0. The van der Waals surface area contributed by atoms with Gasteiger partial charge < -0.3 is 9.47 Å². The molecule has 234 valence electrons. The lowest BCUT2D eigenvalue weighted by atomic mass is 10.1. The zero-order valence-corrected chi connectivity index (χ0v) is 28.5. The Balaban J connectivity index is 1.11. The minimum Gasteiger partial charge on any atom is -0.310 e. The van der Waals surface area contributed by atoms with Crippen molar-refractivity contribution in [2.45, 2.75) is 0 Å². The highest BCUT2D eigenvalue weighted by molar-refractivity contribution is 7.26. The molecule has 3 heterocycles. The maximum atomic E-state index is 2.44. The molecule has 0 N–H and O–H groups in total. The van der Waals surface area contributed by atoms with Gasteiger partial charge in [0.05, 0.1) is 11.0 Å². The molecular weight excluding hydrogens is 645 g/mol. The normalized spacial score (nSPS) is 12.0. The smallest absolute Gasteiger partial charge is 0.0619 e. The molecule has 4 heteroatoms. The fraction of sp³-hybridized carbons (Fsp3) is 0. The second-order valence-electron chi connectivity index (χ2n) is 12.9. The second-order valence-corrected chi connectivity index (χ2v) is 15.1. The SMILES string of the molecule is c1ccc2c(c1)ccc1c3ccccc3n(-c3ccc(N(c4ccc5c(c4)sc4ccccc45)c4ccc5c(c4)sc4ccccc45)cc3)c21. The van der Waals surface area contributed by atoms with E-state index in [0.717, 1.165) is 22.7 Å². The van der Waals surface area contributed by atoms with Crippen molar-refractivity contribution < 1.29 is 0 Å². The van der Waals surface area contributed by atoms with Crippen molar-refractivity contribution >= 4 is 113 Å². The number of benzene rings is 8. The predicted octanol–water partition coefficient (Wildman–Crippen LogP) is 14.1. The quantitative estimate of drug-likeness (QED) is 0.181. The van der Waals surface area contributed by atoms with E-state index >= 15 is 0 Å². The Morgan fingerprint density at radius 3 is 1.52 bits per heavy atom. The van der Waals surface area contributed by atoms with Crippen LogP contribution in [0.5, 0.6) is 0 Å². The summed E-state index contributed by atoms with van der Waals surface area (Å²) in [6.45, 7) is 0. The summed E-state index contributed by atoms with van der Waals surface area (Å²) in [5.41, 5.74) is 7.05. The molecule has 0 aliphatic rings. The first-order valence-electron chi connectivity index (χ1n) is 16.9. The van der Waals surface area contributed by atoms with E-state index in [1.807, 2.05) is 22.7 Å². The highest BCUT2D eigenvalue weighted by Gasteiger charge is 2.19. The van der Waals surface area contributed by atoms with E-state index in [1.165, 1.54) is 72.9 Å². The maximum Gasteiger partial charge on any atom is 0.0619 e. The van der Waals surface area contributed by atoms with Crippen molar-refractivity contribution in [1.29, 1.82) is 0 Å². The Morgan fingerprint density at radius 1 is 0.360 bits per heavy atom. The molecule has 0 saturated heterocycles. The third-order valence-electron chi connectivity index (χ3n) is 10.2. The molecule has 0 amide bonds. The predicted molar refractivity (Wildman–Crippen MR) is 219 cm³/mol. The van der Waals surface area contributed by atoms with Gasteiger partial charge in [0.1, 0.15) is 0 Å². The van der Waals surface area contributed by atoms with Crippen LogP contribution in [-0.4, -0.2) is 4.57 Å². The first-order chi connectivity index (χ1) is 24.8. The standard InChI is InChI=1S/C46H28N2S2/c1-2-10-34-29(9-1)17-24-40-35-11-3-6-14-41(35)48(46(34)40)31-20-18-30(19-21-31)47(32-22-25-38-36-12-4-7-15-42(36)49-44(38)27-32)33-23-26-39-37-13-5-8-16-43(37)50-45(39)28-33/h1-28H. The summed E-state index contributed by atoms with van der Waals surface area (Å²) in [5.74, 6) is 0. The van der Waals surface area contributed by atoms with E-state index in [1.54, 1.807) is 0 Å². The van der Waals surface area contributed by atoms with Crippen molar-refractivity contribution in [3.05, 3.63) is 170 Å². The van der Waals surface area contributed by atoms with Gasteiger partial charge >= 0.3 is 0 Å². The van der Waals surface area contributed by atoms with Gasteiger partial charge in [-0.3, -0.25) is 0 Å². The third-order valence-corrected chi connectivity index (χ3v) is 12.4. The van der Waals surface area contributed by atoms with Crippen molar-refractivity contribution in [3.8, 4) is 5.69 Å². The molecule has 0 unspecified atom stereocenters. The molecule has 0 atom stereocenters. The third kappa shape index (κ3) is 4.13. The minimum absolute atomic E-state index is 1.13. The topological polar surface area (TPSA) is 8.17 Å². The summed E-state index contributed by atoms with van der Waals surface area (Å²) >= 11 is 3.73. The minimum atomic E-state index is 1.13. The van der Waals surface area contributed by atoms with Crippen LogP contribution < -0.4 is 4.90 Å². The van der Waals surface area contributed by atoms with Crippen LogP contribution in [0.3, 0.4) is 0 Å². The maximum absolute atomic E-state index is 2.44. The summed E-state index contributed by atoms with van der Waals surface area (Å²) in [6, 6.07) is 62.5. The Bertz CT molecular complexity index is 2990. The van der Waals surface area contributed by atoms with Crippen molar-refractivity contribution in [2.24, 2.45) is 0 Å². The second kappa shape index (κ2) is 10.8. The van der Waals surface area contributed by atoms with Crippen LogP contribution in [-0.2, 0) is 0 Å². The summed E-state index contributed by atoms with van der Waals surface area (Å²) in [7, 11) is 0. The van der Waals surface area contributed by atoms with Gasteiger partial charge in [0.25, 0.3) is 0 Å². The Morgan fingerprint density at radius 2 is 0.860 bits per heavy atom. The molecule has 2 nitrogen and oxygen atoms in total. The lowest BCUT2D eigenvalue weighted by Crippen LogP contribution is -2.10. The van der Waals surface area contributed by atoms with E-state index < -0.39 is 0 Å². The lowest BCUT2D eigenvalue weighted by Gasteiger charge is -2.26. The molecule has 11 rings (SSSR count). The Hall–Kier alpha value is -5.94. The molecule has 0 spiro atoms. The fourth-order valence-corrected chi connectivity index (χ4v) is 10.2. The van der Waals surface area contributed by atoms with Gasteiger partial charge in [0, 0.05) is 79.3 Å². The highest BCUT2D eigenvalue weighted by Crippen LogP contribution is 2.44. The number of anilines is 3. The average Bonchev–Trinajstić information content (AvgIpc) is 3.84. The van der Waals surface area contributed by atoms with E-state index in [0.29, 0.717) is 0 Å². The van der Waals surface area contributed by atoms with Gasteiger partial charge in [-0.2, -0.15) is 0 Å². The Labute approximate surface area is 296 Å². The number of rotatable bonds is 4. The van der Waals surface area contributed by atoms with Gasteiger partial charge in [-0.1, -0.05) is 103 Å². The number of fused-ring (bicyclic) bond motifs is 11. The monoisotopic (exact) mass is 672 g/mol. The molecule has 0 aliphatic carbocycles. The van der Waals surface area contributed by atoms with Crippen LogP contribution in [0.25, 0.3) is 78.6 Å². The number of aromatic nitrogens is 1. The highest BCUT2D eigenvalue weighted by atomic mass is 32.1. The van der Waals surface area contributed by atoms with Crippen molar-refractivity contribution in [1.82, 2.24) is 4.57 Å². The summed E-state index contributed by atoms with van der Waals surface area (Å²) in [5, 5.41) is 10.3. The molecule has 0 saturated carbocycles. The zero-order chi connectivity index (χ0) is 32.8. The molecule has 8 aromatic carbocycles. The molecule has 0 radical (unpaired) electrons. The number of thiophene rings is 2. The molecule has 3 aromatic heterocycles. The number of hydrogen-bond acceptors (Lipinski definition) is 3. The van der Waals surface area contributed by atoms with Crippen LogP contribution in [0.2, 0.25) is 0 Å². The number of nitrogens with zero attached hydrogens (tertiary/aromatic N) is 2. The van der Waals surface area contributed by atoms with Crippen LogP contribution in [0, 0.1) is 0 Å². The van der Waals surface area contributed by atoms with Crippen molar-refractivity contribution in [2.75, 3.05) is 4.90 Å². The van der Waals surface area contributed by atoms with Gasteiger partial charge in [-0.15, -0.1) is 22.7 Å². The van der Waals surface area contributed by atoms with Crippen LogP contribution in [0.4, 0.5) is 17.1 Å². The van der Waals surface area contributed by atoms with Crippen molar-refractivity contribution in [3.63, 3.8) is 0 Å². The van der Waals surface area contributed by atoms with E-state index in [2.05, 4.69) is 179 Å². The van der Waals surface area contributed by atoms with Gasteiger partial charge in [0.15, 0.2) is 0 Å². The van der Waals surface area contributed by atoms with E-state index in [4.69, 9.17) is 0 Å². The summed E-state index contributed by atoms with van der Waals surface area (Å²) < 4.78 is 7.67. The first-order valence-corrected chi connectivity index (χ1v) is 18.6. The van der Waals surface area contributed by atoms with Gasteiger partial charge in [-0.05, 0) is 72.1 Å². The van der Waals surface area contributed by atoms with E-state index in [-0.39, 0.29) is 0 Å². The molecule has 0 aliphatic heterocycles. The lowest BCUT2D eigenvalue weighted by molar-refractivity contribution is 1.18. The van der Waals surface area contributed by atoms with Gasteiger partial charge in [0.2, 0.25) is 0 Å².